The Morgan fingerprint density at radius 1 is 1.13 bits per heavy atom. The Morgan fingerprint density at radius 2 is 2.00 bits per heavy atom. The minimum atomic E-state index is -0.234. The number of carbonyl (C=O) groups is 1. The summed E-state index contributed by atoms with van der Waals surface area (Å²) < 4.78 is 13.8. The first-order valence-corrected chi connectivity index (χ1v) is 11.6. The maximum Gasteiger partial charge on any atom is 0.263 e. The van der Waals surface area contributed by atoms with E-state index in [0.717, 1.165) is 59.3 Å². The largest absolute Gasteiger partial charge is 0.354 e. The van der Waals surface area contributed by atoms with E-state index < -0.39 is 0 Å². The van der Waals surface area contributed by atoms with Crippen molar-refractivity contribution in [1.82, 2.24) is 14.9 Å². The molecule has 1 aliphatic heterocycles. The van der Waals surface area contributed by atoms with Gasteiger partial charge >= 0.3 is 0 Å². The summed E-state index contributed by atoms with van der Waals surface area (Å²) in [6.07, 6.45) is 2.25. The number of anilines is 1. The highest BCUT2D eigenvalue weighted by Gasteiger charge is 2.24. The summed E-state index contributed by atoms with van der Waals surface area (Å²) in [4.78, 5) is 27.3. The highest BCUT2D eigenvalue weighted by molar-refractivity contribution is 7.12. The number of halogens is 1. The predicted octanol–water partition coefficient (Wildman–Crippen LogP) is 4.49. The normalized spacial score (nSPS) is 14.5. The van der Waals surface area contributed by atoms with Crippen molar-refractivity contribution in [3.05, 3.63) is 75.1 Å². The summed E-state index contributed by atoms with van der Waals surface area (Å²) in [5, 5.41) is 1.94. The maximum atomic E-state index is 13.8. The quantitative estimate of drug-likeness (QED) is 0.589. The van der Waals surface area contributed by atoms with E-state index in [1.165, 1.54) is 17.4 Å². The second-order valence-corrected chi connectivity index (χ2v) is 8.74. The minimum Gasteiger partial charge on any atom is -0.354 e. The van der Waals surface area contributed by atoms with Crippen molar-refractivity contribution in [2.45, 2.75) is 33.1 Å². The van der Waals surface area contributed by atoms with Crippen LogP contribution < -0.4 is 4.90 Å². The van der Waals surface area contributed by atoms with E-state index in [1.807, 2.05) is 35.4 Å². The molecule has 5 nitrogen and oxygen atoms in total. The molecule has 0 unspecified atom stereocenters. The van der Waals surface area contributed by atoms with Crippen molar-refractivity contribution >= 4 is 23.1 Å². The van der Waals surface area contributed by atoms with Gasteiger partial charge in [-0.1, -0.05) is 25.1 Å². The number of hydrogen-bond acceptors (Lipinski definition) is 5. The fourth-order valence-electron chi connectivity index (χ4n) is 4.11. The first-order valence-electron chi connectivity index (χ1n) is 10.7. The van der Waals surface area contributed by atoms with Gasteiger partial charge in [0, 0.05) is 43.9 Å². The molecule has 162 valence electrons. The molecular formula is C24H27FN4OS. The molecule has 7 heteroatoms. The van der Waals surface area contributed by atoms with Crippen LogP contribution in [0.2, 0.25) is 0 Å². The van der Waals surface area contributed by atoms with E-state index in [9.17, 15) is 9.18 Å². The average molecular weight is 439 g/mol. The van der Waals surface area contributed by atoms with Gasteiger partial charge in [0.15, 0.2) is 0 Å². The van der Waals surface area contributed by atoms with Gasteiger partial charge in [0.2, 0.25) is 0 Å². The zero-order valence-electron chi connectivity index (χ0n) is 18.0. The molecule has 3 aromatic rings. The molecule has 0 spiro atoms. The molecule has 1 aliphatic rings. The lowest BCUT2D eigenvalue weighted by atomic mass is 10.0. The molecule has 0 atom stereocenters. The van der Waals surface area contributed by atoms with Crippen molar-refractivity contribution in [3.63, 3.8) is 0 Å². The fourth-order valence-corrected chi connectivity index (χ4v) is 4.80. The number of amides is 1. The Balaban J connectivity index is 1.61. The van der Waals surface area contributed by atoms with Gasteiger partial charge in [0.05, 0.1) is 4.88 Å². The minimum absolute atomic E-state index is 0.102. The Morgan fingerprint density at radius 3 is 2.74 bits per heavy atom. The van der Waals surface area contributed by atoms with Crippen molar-refractivity contribution in [2.75, 3.05) is 31.1 Å². The van der Waals surface area contributed by atoms with Crippen LogP contribution in [0.3, 0.4) is 0 Å². The summed E-state index contributed by atoms with van der Waals surface area (Å²) in [7, 11) is 0. The summed E-state index contributed by atoms with van der Waals surface area (Å²) in [6, 6.07) is 10.5. The maximum absolute atomic E-state index is 13.8. The molecule has 0 saturated carbocycles. The zero-order valence-corrected chi connectivity index (χ0v) is 18.8. The number of rotatable bonds is 5. The average Bonchev–Trinajstić information content (AvgIpc) is 3.19. The third kappa shape index (κ3) is 4.93. The van der Waals surface area contributed by atoms with Crippen LogP contribution in [0.5, 0.6) is 0 Å². The fraction of sp³-hybridized carbons (Fsp3) is 0.375. The van der Waals surface area contributed by atoms with Gasteiger partial charge in [-0.15, -0.1) is 11.3 Å². The first kappa shape index (κ1) is 21.4. The molecule has 0 N–H and O–H groups in total. The monoisotopic (exact) mass is 438 g/mol. The van der Waals surface area contributed by atoms with Crippen molar-refractivity contribution in [2.24, 2.45) is 0 Å². The lowest BCUT2D eigenvalue weighted by Crippen LogP contribution is -2.35. The summed E-state index contributed by atoms with van der Waals surface area (Å²) in [5.74, 6) is 1.53. The molecule has 0 radical (unpaired) electrons. The number of carbonyl (C=O) groups excluding carboxylic acids is 1. The molecule has 3 heterocycles. The van der Waals surface area contributed by atoms with Gasteiger partial charge in [-0.25, -0.2) is 14.4 Å². The third-order valence-electron chi connectivity index (χ3n) is 5.60. The van der Waals surface area contributed by atoms with Crippen LogP contribution in [0.25, 0.3) is 0 Å². The van der Waals surface area contributed by atoms with Crippen LogP contribution in [0.1, 0.15) is 45.7 Å². The first-order chi connectivity index (χ1) is 15.0. The topological polar surface area (TPSA) is 49.3 Å². The summed E-state index contributed by atoms with van der Waals surface area (Å²) >= 11 is 1.48. The van der Waals surface area contributed by atoms with Crippen LogP contribution in [0, 0.1) is 12.7 Å². The van der Waals surface area contributed by atoms with E-state index in [2.05, 4.69) is 16.8 Å². The Bertz CT molecular complexity index is 1050. The molecule has 1 aromatic carbocycles. The standard InChI is InChI=1S/C24H27FN4OS/c1-3-21-20(16-18-7-4-8-19(25)15-18)23(27-17(2)26-21)28-10-6-11-29(13-12-28)24(30)22-9-5-14-31-22/h4-5,7-9,14-15H,3,6,10-13,16H2,1-2H3. The summed E-state index contributed by atoms with van der Waals surface area (Å²) in [5.41, 5.74) is 2.96. The van der Waals surface area contributed by atoms with Gasteiger partial charge in [0.25, 0.3) is 5.91 Å². The Labute approximate surface area is 186 Å². The third-order valence-corrected chi connectivity index (χ3v) is 6.46. The number of hydrogen-bond donors (Lipinski definition) is 0. The highest BCUT2D eigenvalue weighted by Crippen LogP contribution is 2.26. The van der Waals surface area contributed by atoms with Crippen LogP contribution in [-0.2, 0) is 12.8 Å². The van der Waals surface area contributed by atoms with Crippen LogP contribution >= 0.6 is 11.3 Å². The Kier molecular flexibility index (Phi) is 6.61. The van der Waals surface area contributed by atoms with Gasteiger partial charge in [-0.3, -0.25) is 4.79 Å². The molecular weight excluding hydrogens is 411 g/mol. The SMILES string of the molecule is CCc1nc(C)nc(N2CCCN(C(=O)c3cccs3)CC2)c1Cc1cccc(F)c1. The van der Waals surface area contributed by atoms with Gasteiger partial charge in [0.1, 0.15) is 17.5 Å². The highest BCUT2D eigenvalue weighted by atomic mass is 32.1. The smallest absolute Gasteiger partial charge is 0.263 e. The molecule has 2 aromatic heterocycles. The van der Waals surface area contributed by atoms with Gasteiger partial charge in [-0.2, -0.15) is 0 Å². The molecule has 31 heavy (non-hydrogen) atoms. The molecule has 0 aliphatic carbocycles. The Hall–Kier alpha value is -2.80. The molecule has 4 rings (SSSR count). The number of nitrogens with zero attached hydrogens (tertiary/aromatic N) is 4. The molecule has 1 amide bonds. The van der Waals surface area contributed by atoms with Gasteiger partial charge < -0.3 is 9.80 Å². The predicted molar refractivity (Wildman–Crippen MR) is 122 cm³/mol. The second-order valence-electron chi connectivity index (χ2n) is 7.79. The van der Waals surface area contributed by atoms with Crippen molar-refractivity contribution < 1.29 is 9.18 Å². The second kappa shape index (κ2) is 9.56. The van der Waals surface area contributed by atoms with E-state index in [-0.39, 0.29) is 11.7 Å². The van der Waals surface area contributed by atoms with E-state index in [0.29, 0.717) is 19.5 Å². The number of benzene rings is 1. The number of aromatic nitrogens is 2. The molecule has 0 bridgehead atoms. The lowest BCUT2D eigenvalue weighted by molar-refractivity contribution is 0.0772. The van der Waals surface area contributed by atoms with Gasteiger partial charge in [-0.05, 0) is 48.9 Å². The summed E-state index contributed by atoms with van der Waals surface area (Å²) in [6.45, 7) is 6.93. The van der Waals surface area contributed by atoms with Crippen LogP contribution in [0.4, 0.5) is 10.2 Å². The molecule has 1 fully saturated rings. The van der Waals surface area contributed by atoms with Crippen LogP contribution in [-0.4, -0.2) is 47.0 Å². The number of thiophene rings is 1. The zero-order chi connectivity index (χ0) is 21.8. The van der Waals surface area contributed by atoms with Crippen molar-refractivity contribution in [3.8, 4) is 0 Å². The lowest BCUT2D eigenvalue weighted by Gasteiger charge is -2.26. The van der Waals surface area contributed by atoms with E-state index in [1.54, 1.807) is 12.1 Å². The molecule has 1 saturated heterocycles. The van der Waals surface area contributed by atoms with E-state index in [4.69, 9.17) is 4.98 Å². The van der Waals surface area contributed by atoms with E-state index >= 15 is 0 Å². The van der Waals surface area contributed by atoms with Crippen LogP contribution in [0.15, 0.2) is 41.8 Å². The van der Waals surface area contributed by atoms with Crippen molar-refractivity contribution in [1.29, 1.82) is 0 Å². The number of aryl methyl sites for hydroxylation is 2.